The normalized spacial score (nSPS) is 15.8. The molecule has 0 aromatic heterocycles. The van der Waals surface area contributed by atoms with Crippen molar-refractivity contribution in [2.75, 3.05) is 30.1 Å². The molecular weight excluding hydrogens is 357 g/mol. The summed E-state index contributed by atoms with van der Waals surface area (Å²) in [4.78, 5) is -0.256. The van der Waals surface area contributed by atoms with Gasteiger partial charge in [0.2, 0.25) is 20.0 Å². The van der Waals surface area contributed by atoms with Crippen LogP contribution >= 0.6 is 0 Å². The molecule has 0 amide bonds. The lowest BCUT2D eigenvalue weighted by atomic mass is 10.1. The van der Waals surface area contributed by atoms with E-state index in [-0.39, 0.29) is 22.9 Å². The van der Waals surface area contributed by atoms with Crippen LogP contribution in [0.25, 0.3) is 0 Å². The van der Waals surface area contributed by atoms with Gasteiger partial charge in [-0.2, -0.15) is 0 Å². The van der Waals surface area contributed by atoms with E-state index in [1.807, 2.05) is 6.08 Å². The summed E-state index contributed by atoms with van der Waals surface area (Å²) in [5.41, 5.74) is 0.682. The van der Waals surface area contributed by atoms with E-state index >= 15 is 0 Å². The van der Waals surface area contributed by atoms with Gasteiger partial charge in [-0.25, -0.2) is 25.9 Å². The number of halogens is 1. The van der Waals surface area contributed by atoms with Crippen molar-refractivity contribution in [1.82, 2.24) is 10.0 Å². The van der Waals surface area contributed by atoms with Crippen LogP contribution in [0.1, 0.15) is 13.3 Å². The van der Waals surface area contributed by atoms with Crippen LogP contribution in [0.15, 0.2) is 34.7 Å². The zero-order valence-electron chi connectivity index (χ0n) is 13.2. The van der Waals surface area contributed by atoms with Crippen molar-refractivity contribution in [3.05, 3.63) is 35.7 Å². The Labute approximate surface area is 141 Å². The first kappa shape index (κ1) is 18.8. The highest BCUT2D eigenvalue weighted by atomic mass is 32.2. The third-order valence-corrected chi connectivity index (χ3v) is 6.23. The molecule has 2 rings (SSSR count). The topological polar surface area (TPSA) is 104 Å². The first-order valence-electron chi connectivity index (χ1n) is 7.42. The average Bonchev–Trinajstić information content (AvgIpc) is 2.56. The molecule has 3 N–H and O–H groups in total. The Morgan fingerprint density at radius 1 is 1.25 bits per heavy atom. The fourth-order valence-corrected chi connectivity index (χ4v) is 3.78. The maximum Gasteiger partial charge on any atom is 0.240 e. The lowest BCUT2D eigenvalue weighted by Crippen LogP contribution is -2.29. The Morgan fingerprint density at radius 3 is 2.58 bits per heavy atom. The van der Waals surface area contributed by atoms with Gasteiger partial charge in [-0.3, -0.25) is 4.72 Å². The third kappa shape index (κ3) is 5.00. The molecule has 0 bridgehead atoms. The lowest BCUT2D eigenvalue weighted by Gasteiger charge is -2.15. The van der Waals surface area contributed by atoms with Crippen molar-refractivity contribution in [2.24, 2.45) is 0 Å². The Hall–Kier alpha value is -1.49. The van der Waals surface area contributed by atoms with Crippen molar-refractivity contribution in [3.8, 4) is 0 Å². The Morgan fingerprint density at radius 2 is 2.00 bits per heavy atom. The summed E-state index contributed by atoms with van der Waals surface area (Å²) in [5.74, 6) is -1.16. The van der Waals surface area contributed by atoms with Gasteiger partial charge in [0.25, 0.3) is 0 Å². The monoisotopic (exact) mass is 377 g/mol. The summed E-state index contributed by atoms with van der Waals surface area (Å²) in [7, 11) is -7.51. The van der Waals surface area contributed by atoms with E-state index in [0.717, 1.165) is 36.7 Å². The van der Waals surface area contributed by atoms with Crippen LogP contribution in [-0.2, 0) is 20.0 Å². The highest BCUT2D eigenvalue weighted by Gasteiger charge is 2.18. The van der Waals surface area contributed by atoms with E-state index in [0.29, 0.717) is 6.54 Å². The fraction of sp³-hybridized carbons (Fsp3) is 0.429. The van der Waals surface area contributed by atoms with Crippen LogP contribution in [0.4, 0.5) is 10.1 Å². The maximum atomic E-state index is 14.0. The number of sulfonamides is 2. The summed E-state index contributed by atoms with van der Waals surface area (Å²) in [5, 5.41) is 3.12. The van der Waals surface area contributed by atoms with Crippen LogP contribution in [-0.4, -0.2) is 42.2 Å². The van der Waals surface area contributed by atoms with Crippen LogP contribution in [0.3, 0.4) is 0 Å². The molecule has 1 aromatic carbocycles. The van der Waals surface area contributed by atoms with E-state index in [4.69, 9.17) is 0 Å². The average molecular weight is 377 g/mol. The fourth-order valence-electron chi connectivity index (χ4n) is 2.09. The molecule has 0 saturated heterocycles. The summed E-state index contributed by atoms with van der Waals surface area (Å²) in [6.07, 6.45) is 2.66. The molecule has 1 aliphatic heterocycles. The highest BCUT2D eigenvalue weighted by molar-refractivity contribution is 7.92. The molecular formula is C14H20FN3O4S2. The van der Waals surface area contributed by atoms with Gasteiger partial charge in [-0.05, 0) is 38.1 Å². The summed E-state index contributed by atoms with van der Waals surface area (Å²) >= 11 is 0. The molecule has 1 aliphatic rings. The van der Waals surface area contributed by atoms with Crippen molar-refractivity contribution >= 4 is 25.7 Å². The van der Waals surface area contributed by atoms with Gasteiger partial charge in [0.1, 0.15) is 5.82 Å². The maximum absolute atomic E-state index is 14.0. The predicted octanol–water partition coefficient (Wildman–Crippen LogP) is 0.785. The molecule has 0 saturated carbocycles. The molecule has 0 radical (unpaired) electrons. The van der Waals surface area contributed by atoms with Crippen LogP contribution in [0, 0.1) is 5.82 Å². The van der Waals surface area contributed by atoms with Crippen molar-refractivity contribution < 1.29 is 21.2 Å². The van der Waals surface area contributed by atoms with Crippen molar-refractivity contribution in [1.29, 1.82) is 0 Å². The van der Waals surface area contributed by atoms with E-state index in [1.165, 1.54) is 6.92 Å². The predicted molar refractivity (Wildman–Crippen MR) is 90.2 cm³/mol. The van der Waals surface area contributed by atoms with Gasteiger partial charge in [0.15, 0.2) is 0 Å². The van der Waals surface area contributed by atoms with Gasteiger partial charge in [-0.15, -0.1) is 0 Å². The van der Waals surface area contributed by atoms with Crippen molar-refractivity contribution in [3.63, 3.8) is 0 Å². The molecule has 0 aliphatic carbocycles. The zero-order valence-corrected chi connectivity index (χ0v) is 14.8. The van der Waals surface area contributed by atoms with Crippen molar-refractivity contribution in [2.45, 2.75) is 18.2 Å². The van der Waals surface area contributed by atoms with Gasteiger partial charge in [-0.1, -0.05) is 11.6 Å². The quantitative estimate of drug-likeness (QED) is 0.609. The number of rotatable bonds is 7. The summed E-state index contributed by atoms with van der Waals surface area (Å²) < 4.78 is 65.9. The first-order valence-corrected chi connectivity index (χ1v) is 10.6. The van der Waals surface area contributed by atoms with E-state index in [2.05, 4.69) is 14.8 Å². The smallest absolute Gasteiger partial charge is 0.240 e. The first-order chi connectivity index (χ1) is 11.2. The molecule has 0 atom stereocenters. The van der Waals surface area contributed by atoms with Crippen LogP contribution < -0.4 is 14.8 Å². The highest BCUT2D eigenvalue weighted by Crippen LogP contribution is 2.20. The molecule has 134 valence electrons. The number of nitrogens with one attached hydrogen (secondary N) is 3. The third-order valence-electron chi connectivity index (χ3n) is 3.54. The molecule has 10 heteroatoms. The van der Waals surface area contributed by atoms with E-state index < -0.39 is 25.9 Å². The minimum absolute atomic E-state index is 0.163. The standard InChI is InChI=1S/C14H20FN3O4S2/c1-2-23(19,20)18-14-4-3-12(9-13(14)15)24(21,22)17-10-11-5-7-16-8-6-11/h3-5,9,16-18H,2,6-8,10H2,1H3. The van der Waals surface area contributed by atoms with E-state index in [9.17, 15) is 21.2 Å². The molecule has 0 spiro atoms. The van der Waals surface area contributed by atoms with Gasteiger partial charge in [0, 0.05) is 13.1 Å². The Balaban J connectivity index is 2.13. The lowest BCUT2D eigenvalue weighted by molar-refractivity contribution is 0.579. The number of anilines is 1. The molecule has 0 unspecified atom stereocenters. The summed E-state index contributed by atoms with van der Waals surface area (Å²) in [6.45, 7) is 3.06. The van der Waals surface area contributed by atoms with E-state index in [1.54, 1.807) is 0 Å². The van der Waals surface area contributed by atoms with Gasteiger partial charge >= 0.3 is 0 Å². The number of benzene rings is 1. The molecule has 24 heavy (non-hydrogen) atoms. The second kappa shape index (κ2) is 7.60. The van der Waals surface area contributed by atoms with Gasteiger partial charge < -0.3 is 5.32 Å². The minimum atomic E-state index is -3.88. The number of hydrogen-bond acceptors (Lipinski definition) is 5. The zero-order chi connectivity index (χ0) is 17.8. The molecule has 1 aromatic rings. The second-order valence-electron chi connectivity index (χ2n) is 5.29. The molecule has 0 fully saturated rings. The Bertz CT molecular complexity index is 836. The molecule has 1 heterocycles. The Kier molecular flexibility index (Phi) is 5.97. The van der Waals surface area contributed by atoms with Gasteiger partial charge in [0.05, 0.1) is 16.3 Å². The number of hydrogen-bond donors (Lipinski definition) is 3. The largest absolute Gasteiger partial charge is 0.313 e. The van der Waals surface area contributed by atoms with Crippen LogP contribution in [0.5, 0.6) is 0 Å². The van der Waals surface area contributed by atoms with Crippen LogP contribution in [0.2, 0.25) is 0 Å². The second-order valence-corrected chi connectivity index (χ2v) is 9.07. The minimum Gasteiger partial charge on any atom is -0.313 e. The SMILES string of the molecule is CCS(=O)(=O)Nc1ccc(S(=O)(=O)NCC2=CCNCC2)cc1F. The molecule has 7 nitrogen and oxygen atoms in total. The summed E-state index contributed by atoms with van der Waals surface area (Å²) in [6, 6.07) is 3.06.